The minimum absolute atomic E-state index is 0. The van der Waals surface area contributed by atoms with Crippen molar-refractivity contribution in [1.29, 1.82) is 0 Å². The predicted molar refractivity (Wildman–Crippen MR) is 90.4 cm³/mol. The summed E-state index contributed by atoms with van der Waals surface area (Å²) in [5.74, 6) is -0.401. The van der Waals surface area contributed by atoms with Crippen molar-refractivity contribution in [3.8, 4) is 5.69 Å². The Bertz CT molecular complexity index is 615. The highest BCUT2D eigenvalue weighted by Crippen LogP contribution is 2.09. The summed E-state index contributed by atoms with van der Waals surface area (Å²) >= 11 is 0. The van der Waals surface area contributed by atoms with E-state index < -0.39 is 6.04 Å². The third kappa shape index (κ3) is 5.65. The first-order valence-electron chi connectivity index (χ1n) is 7.44. The van der Waals surface area contributed by atoms with Crippen molar-refractivity contribution >= 4 is 18.3 Å². The first-order valence-corrected chi connectivity index (χ1v) is 7.44. The summed E-state index contributed by atoms with van der Waals surface area (Å²) in [6.45, 7) is 2.49. The van der Waals surface area contributed by atoms with Crippen LogP contribution in [0, 0.1) is 5.82 Å². The van der Waals surface area contributed by atoms with Crippen molar-refractivity contribution in [3.05, 3.63) is 48.0 Å². The monoisotopic (exact) mass is 340 g/mol. The summed E-state index contributed by atoms with van der Waals surface area (Å²) in [4.78, 5) is 11.7. The van der Waals surface area contributed by atoms with Gasteiger partial charge in [-0.1, -0.05) is 13.3 Å². The van der Waals surface area contributed by atoms with Crippen LogP contribution in [0.1, 0.15) is 25.5 Å². The summed E-state index contributed by atoms with van der Waals surface area (Å²) in [6, 6.07) is 7.55. The molecule has 1 aromatic heterocycles. The Morgan fingerprint density at radius 2 is 2.04 bits per heavy atom. The normalized spacial score (nSPS) is 11.6. The van der Waals surface area contributed by atoms with Crippen LogP contribution in [0.3, 0.4) is 0 Å². The van der Waals surface area contributed by atoms with Crippen LogP contribution in [-0.4, -0.2) is 28.3 Å². The van der Waals surface area contributed by atoms with Gasteiger partial charge in [0.25, 0.3) is 0 Å². The van der Waals surface area contributed by atoms with Gasteiger partial charge in [-0.25, -0.2) is 9.07 Å². The molecule has 1 atom stereocenters. The highest BCUT2D eigenvalue weighted by Gasteiger charge is 2.11. The molecule has 0 radical (unpaired) electrons. The van der Waals surface area contributed by atoms with Gasteiger partial charge in [-0.2, -0.15) is 5.10 Å². The maximum absolute atomic E-state index is 12.9. The lowest BCUT2D eigenvalue weighted by atomic mass is 10.1. The molecular formula is C16H22ClFN4O. The van der Waals surface area contributed by atoms with Gasteiger partial charge in [0.1, 0.15) is 5.82 Å². The molecule has 3 N–H and O–H groups in total. The minimum Gasteiger partial charge on any atom is -0.354 e. The number of amides is 1. The number of halogens is 2. The number of nitrogens with one attached hydrogen (secondary N) is 1. The van der Waals surface area contributed by atoms with Crippen LogP contribution in [0.2, 0.25) is 0 Å². The molecule has 0 saturated heterocycles. The SMILES string of the molecule is CCCC(N)C(=O)NCCc1ccn(-c2ccc(F)cc2)n1.Cl. The van der Waals surface area contributed by atoms with Crippen LogP contribution in [0.5, 0.6) is 0 Å². The minimum atomic E-state index is -0.443. The molecule has 7 heteroatoms. The van der Waals surface area contributed by atoms with Crippen LogP contribution in [0.15, 0.2) is 36.5 Å². The first-order chi connectivity index (χ1) is 10.6. The number of carbonyl (C=O) groups excluding carboxylic acids is 1. The molecule has 1 aromatic carbocycles. The molecular weight excluding hydrogens is 319 g/mol. The molecule has 0 spiro atoms. The van der Waals surface area contributed by atoms with Crippen LogP contribution in [-0.2, 0) is 11.2 Å². The Morgan fingerprint density at radius 3 is 2.70 bits per heavy atom. The summed E-state index contributed by atoms with van der Waals surface area (Å²) in [7, 11) is 0. The summed E-state index contributed by atoms with van der Waals surface area (Å²) in [5, 5.41) is 7.21. The van der Waals surface area contributed by atoms with Crippen molar-refractivity contribution in [1.82, 2.24) is 15.1 Å². The molecule has 0 fully saturated rings. The van der Waals surface area contributed by atoms with Gasteiger partial charge in [0.15, 0.2) is 0 Å². The van der Waals surface area contributed by atoms with Crippen LogP contribution in [0.4, 0.5) is 4.39 Å². The molecule has 0 saturated carbocycles. The van der Waals surface area contributed by atoms with Crippen molar-refractivity contribution in [2.24, 2.45) is 5.73 Å². The lowest BCUT2D eigenvalue weighted by Gasteiger charge is -2.10. The summed E-state index contributed by atoms with van der Waals surface area (Å²) in [6.07, 6.45) is 4.01. The second-order valence-corrected chi connectivity index (χ2v) is 5.16. The molecule has 126 valence electrons. The maximum atomic E-state index is 12.9. The molecule has 1 unspecified atom stereocenters. The third-order valence-electron chi connectivity index (χ3n) is 3.35. The van der Waals surface area contributed by atoms with Gasteiger partial charge in [0.2, 0.25) is 5.91 Å². The third-order valence-corrected chi connectivity index (χ3v) is 3.35. The van der Waals surface area contributed by atoms with E-state index in [0.717, 1.165) is 17.8 Å². The van der Waals surface area contributed by atoms with Gasteiger partial charge in [-0.15, -0.1) is 12.4 Å². The molecule has 1 amide bonds. The highest BCUT2D eigenvalue weighted by atomic mass is 35.5. The zero-order chi connectivity index (χ0) is 15.9. The first kappa shape index (κ1) is 19.1. The van der Waals surface area contributed by atoms with E-state index in [-0.39, 0.29) is 24.1 Å². The largest absolute Gasteiger partial charge is 0.354 e. The van der Waals surface area contributed by atoms with Gasteiger partial charge in [0, 0.05) is 19.2 Å². The molecule has 23 heavy (non-hydrogen) atoms. The average molecular weight is 341 g/mol. The Morgan fingerprint density at radius 1 is 1.35 bits per heavy atom. The van der Waals surface area contributed by atoms with E-state index in [0.29, 0.717) is 19.4 Å². The number of nitrogens with two attached hydrogens (primary N) is 1. The zero-order valence-corrected chi connectivity index (χ0v) is 13.9. The van der Waals surface area contributed by atoms with Gasteiger partial charge in [-0.3, -0.25) is 4.79 Å². The van der Waals surface area contributed by atoms with Gasteiger partial charge in [-0.05, 0) is 36.8 Å². The lowest BCUT2D eigenvalue weighted by Crippen LogP contribution is -2.41. The van der Waals surface area contributed by atoms with Gasteiger partial charge in [0.05, 0.1) is 17.4 Å². The van der Waals surface area contributed by atoms with Crippen molar-refractivity contribution in [3.63, 3.8) is 0 Å². The van der Waals surface area contributed by atoms with E-state index in [2.05, 4.69) is 10.4 Å². The molecule has 5 nitrogen and oxygen atoms in total. The fourth-order valence-electron chi connectivity index (χ4n) is 2.12. The molecule has 0 aliphatic carbocycles. The molecule has 0 aliphatic heterocycles. The lowest BCUT2D eigenvalue weighted by molar-refractivity contribution is -0.122. The number of hydrogen-bond donors (Lipinski definition) is 2. The van der Waals surface area contributed by atoms with E-state index in [1.54, 1.807) is 16.8 Å². The van der Waals surface area contributed by atoms with E-state index in [4.69, 9.17) is 5.73 Å². The van der Waals surface area contributed by atoms with Crippen LogP contribution < -0.4 is 11.1 Å². The van der Waals surface area contributed by atoms with E-state index in [9.17, 15) is 9.18 Å². The fourth-order valence-corrected chi connectivity index (χ4v) is 2.12. The summed E-state index contributed by atoms with van der Waals surface area (Å²) < 4.78 is 14.6. The van der Waals surface area contributed by atoms with Crippen LogP contribution in [0.25, 0.3) is 5.69 Å². The van der Waals surface area contributed by atoms with E-state index >= 15 is 0 Å². The number of nitrogens with zero attached hydrogens (tertiary/aromatic N) is 2. The van der Waals surface area contributed by atoms with E-state index in [1.165, 1.54) is 12.1 Å². The zero-order valence-electron chi connectivity index (χ0n) is 13.0. The molecule has 2 rings (SSSR count). The van der Waals surface area contributed by atoms with Gasteiger partial charge >= 0.3 is 0 Å². The second-order valence-electron chi connectivity index (χ2n) is 5.16. The smallest absolute Gasteiger partial charge is 0.236 e. The standard InChI is InChI=1S/C16H21FN4O.ClH/c1-2-3-15(18)16(22)19-10-8-13-9-11-21(20-13)14-6-4-12(17)5-7-14;/h4-7,9,11,15H,2-3,8,10,18H2,1H3,(H,19,22);1H. The number of carbonyl (C=O) groups is 1. The quantitative estimate of drug-likeness (QED) is 0.811. The number of aromatic nitrogens is 2. The van der Waals surface area contributed by atoms with Crippen molar-refractivity contribution in [2.45, 2.75) is 32.2 Å². The number of benzene rings is 1. The Hall–Kier alpha value is -1.92. The number of hydrogen-bond acceptors (Lipinski definition) is 3. The Balaban J connectivity index is 0.00000264. The van der Waals surface area contributed by atoms with Crippen molar-refractivity contribution < 1.29 is 9.18 Å². The topological polar surface area (TPSA) is 72.9 Å². The highest BCUT2D eigenvalue weighted by molar-refractivity contribution is 5.85. The van der Waals surface area contributed by atoms with E-state index in [1.807, 2.05) is 19.2 Å². The van der Waals surface area contributed by atoms with Crippen molar-refractivity contribution in [2.75, 3.05) is 6.54 Å². The molecule has 0 bridgehead atoms. The van der Waals surface area contributed by atoms with Gasteiger partial charge < -0.3 is 11.1 Å². The summed E-state index contributed by atoms with van der Waals surface area (Å²) in [5.41, 5.74) is 7.39. The molecule has 1 heterocycles. The Labute approximate surface area is 141 Å². The number of rotatable bonds is 7. The fraction of sp³-hybridized carbons (Fsp3) is 0.375. The Kier molecular flexibility index (Phi) is 7.71. The molecule has 2 aromatic rings. The average Bonchev–Trinajstić information content (AvgIpc) is 2.97. The second kappa shape index (κ2) is 9.27. The maximum Gasteiger partial charge on any atom is 0.236 e. The van der Waals surface area contributed by atoms with Crippen LogP contribution >= 0.6 is 12.4 Å². The molecule has 0 aliphatic rings. The predicted octanol–water partition coefficient (Wildman–Crippen LogP) is 2.22.